The summed E-state index contributed by atoms with van der Waals surface area (Å²) in [6.45, 7) is 3.33. The average Bonchev–Trinajstić information content (AvgIpc) is 2.76. The number of carbonyl (C=O) groups is 2. The van der Waals surface area contributed by atoms with Crippen LogP contribution in [0.25, 0.3) is 0 Å². The number of aryl methyl sites for hydroxylation is 1. The molecule has 1 aromatic rings. The molecule has 0 aliphatic carbocycles. The number of halogens is 1. The molecule has 3 amide bonds. The Bertz CT molecular complexity index is 840. The minimum atomic E-state index is -0.287. The van der Waals surface area contributed by atoms with Gasteiger partial charge in [-0.15, -0.1) is 0 Å². The summed E-state index contributed by atoms with van der Waals surface area (Å²) in [4.78, 5) is 28.5. The fourth-order valence-corrected chi connectivity index (χ4v) is 3.35. The molecule has 0 bridgehead atoms. The Balaban J connectivity index is 1.93. The number of piperidine rings is 1. The first-order valence-corrected chi connectivity index (χ1v) is 10.1. The first-order valence-electron chi connectivity index (χ1n) is 9.74. The number of hydrogen-bond acceptors (Lipinski definition) is 5. The molecule has 1 atom stereocenters. The van der Waals surface area contributed by atoms with Crippen LogP contribution < -0.4 is 16.8 Å². The van der Waals surface area contributed by atoms with E-state index in [1.165, 1.54) is 19.3 Å². The van der Waals surface area contributed by atoms with E-state index in [0.717, 1.165) is 24.0 Å². The second-order valence-electron chi connectivity index (χ2n) is 7.30. The molecule has 5 N–H and O–H groups in total. The number of ether oxygens (including phenoxy) is 1. The zero-order chi connectivity index (χ0) is 22.3. The number of allylic oxidation sites excluding steroid dienone is 2. The fraction of sp³-hybridized carbons (Fsp3) is 0.429. The molecule has 1 aliphatic rings. The van der Waals surface area contributed by atoms with Gasteiger partial charge >= 0.3 is 6.03 Å². The van der Waals surface area contributed by atoms with Crippen molar-refractivity contribution in [2.24, 2.45) is 11.5 Å². The lowest BCUT2D eigenvalue weighted by atomic mass is 10.0. The molecule has 9 heteroatoms. The third kappa shape index (κ3) is 6.32. The van der Waals surface area contributed by atoms with Crippen molar-refractivity contribution < 1.29 is 14.3 Å². The van der Waals surface area contributed by atoms with Gasteiger partial charge in [0.05, 0.1) is 18.8 Å². The molecule has 1 saturated heterocycles. The van der Waals surface area contributed by atoms with Gasteiger partial charge in [0.1, 0.15) is 0 Å². The van der Waals surface area contributed by atoms with E-state index in [1.807, 2.05) is 25.1 Å². The lowest BCUT2D eigenvalue weighted by Gasteiger charge is -2.37. The van der Waals surface area contributed by atoms with Crippen LogP contribution in [0, 0.1) is 6.92 Å². The second-order valence-corrected chi connectivity index (χ2v) is 7.70. The molecule has 30 heavy (non-hydrogen) atoms. The number of likely N-dealkylation sites (tertiary alicyclic amines) is 1. The topological polar surface area (TPSA) is 114 Å². The fourth-order valence-electron chi connectivity index (χ4n) is 3.23. The zero-order valence-corrected chi connectivity index (χ0v) is 18.4. The monoisotopic (exact) mass is 435 g/mol. The summed E-state index contributed by atoms with van der Waals surface area (Å²) in [5.74, 6) is -0.125. The Hall–Kier alpha value is -2.87. The van der Waals surface area contributed by atoms with E-state index in [9.17, 15) is 9.59 Å². The zero-order valence-electron chi connectivity index (χ0n) is 17.7. The maximum absolute atomic E-state index is 12.6. The van der Waals surface area contributed by atoms with Gasteiger partial charge in [0.25, 0.3) is 5.91 Å². The Labute approximate surface area is 182 Å². The summed E-state index contributed by atoms with van der Waals surface area (Å²) in [5, 5.41) is 3.61. The van der Waals surface area contributed by atoms with Crippen molar-refractivity contribution in [3.05, 3.63) is 58.1 Å². The van der Waals surface area contributed by atoms with Gasteiger partial charge in [-0.3, -0.25) is 4.79 Å². The van der Waals surface area contributed by atoms with Crippen LogP contribution in [0.4, 0.5) is 4.79 Å². The highest BCUT2D eigenvalue weighted by molar-refractivity contribution is 6.31. The Kier molecular flexibility index (Phi) is 8.41. The van der Waals surface area contributed by atoms with Gasteiger partial charge < -0.3 is 31.3 Å². The van der Waals surface area contributed by atoms with Crippen molar-refractivity contribution in [1.82, 2.24) is 15.1 Å². The minimum Gasteiger partial charge on any atom is -0.483 e. The van der Waals surface area contributed by atoms with Crippen LogP contribution in [0.5, 0.6) is 0 Å². The molecule has 0 saturated carbocycles. The number of nitrogens with one attached hydrogen (secondary N) is 1. The van der Waals surface area contributed by atoms with Gasteiger partial charge in [0.2, 0.25) is 0 Å². The highest BCUT2D eigenvalue weighted by Gasteiger charge is 2.29. The summed E-state index contributed by atoms with van der Waals surface area (Å²) in [6.07, 6.45) is 4.46. The van der Waals surface area contributed by atoms with Crippen molar-refractivity contribution in [1.29, 1.82) is 0 Å². The summed E-state index contributed by atoms with van der Waals surface area (Å²) in [6, 6.07) is 5.36. The van der Waals surface area contributed by atoms with E-state index in [0.29, 0.717) is 24.7 Å². The van der Waals surface area contributed by atoms with Crippen LogP contribution in [-0.4, -0.2) is 55.0 Å². The van der Waals surface area contributed by atoms with Gasteiger partial charge in [-0.1, -0.05) is 23.7 Å². The largest absolute Gasteiger partial charge is 0.483 e. The molecule has 1 heterocycles. The van der Waals surface area contributed by atoms with Crippen LogP contribution in [0.3, 0.4) is 0 Å². The summed E-state index contributed by atoms with van der Waals surface area (Å²) in [7, 11) is 3.17. The first kappa shape index (κ1) is 23.4. The Morgan fingerprint density at radius 3 is 2.77 bits per heavy atom. The van der Waals surface area contributed by atoms with Gasteiger partial charge in [-0.05, 0) is 49.1 Å². The number of amides is 3. The summed E-state index contributed by atoms with van der Waals surface area (Å²) in [5.41, 5.74) is 13.4. The van der Waals surface area contributed by atoms with Crippen LogP contribution in [0.15, 0.2) is 41.9 Å². The minimum absolute atomic E-state index is 0.0702. The predicted molar refractivity (Wildman–Crippen MR) is 117 cm³/mol. The molecule has 2 rings (SSSR count). The molecule has 1 unspecified atom stereocenters. The van der Waals surface area contributed by atoms with Gasteiger partial charge in [0, 0.05) is 31.7 Å². The smallest absolute Gasteiger partial charge is 0.317 e. The van der Waals surface area contributed by atoms with Crippen molar-refractivity contribution in [3.8, 4) is 0 Å². The molecule has 0 radical (unpaired) electrons. The lowest BCUT2D eigenvalue weighted by Crippen LogP contribution is -2.53. The third-order valence-electron chi connectivity index (χ3n) is 5.13. The van der Waals surface area contributed by atoms with E-state index in [4.69, 9.17) is 27.8 Å². The van der Waals surface area contributed by atoms with Crippen LogP contribution in [0.1, 0.15) is 24.0 Å². The molecule has 8 nitrogen and oxygen atoms in total. The summed E-state index contributed by atoms with van der Waals surface area (Å²) < 4.78 is 4.82. The van der Waals surface area contributed by atoms with E-state index in [1.54, 1.807) is 16.8 Å². The van der Waals surface area contributed by atoms with Crippen LogP contribution in [0.2, 0.25) is 5.02 Å². The lowest BCUT2D eigenvalue weighted by molar-refractivity contribution is -0.129. The molecule has 164 valence electrons. The maximum atomic E-state index is 12.6. The third-order valence-corrected chi connectivity index (χ3v) is 5.55. The van der Waals surface area contributed by atoms with Crippen LogP contribution in [-0.2, 0) is 16.1 Å². The van der Waals surface area contributed by atoms with Crippen molar-refractivity contribution in [2.75, 3.05) is 27.2 Å². The normalized spacial score (nSPS) is 17.5. The number of urea groups is 1. The number of methoxy groups -OCH3 is 1. The van der Waals surface area contributed by atoms with Gasteiger partial charge in [-0.25, -0.2) is 4.79 Å². The molecular formula is C21H30ClN5O3. The molecule has 1 fully saturated rings. The Morgan fingerprint density at radius 1 is 1.37 bits per heavy atom. The van der Waals surface area contributed by atoms with Crippen LogP contribution >= 0.6 is 11.6 Å². The SMILES string of the molecule is CO/C(N)=C/C=C(\N)C(=O)N1CCCC(N(C)C(=O)NCc2ccc(Cl)c(C)c2)C1. The van der Waals surface area contributed by atoms with Crippen molar-refractivity contribution in [3.63, 3.8) is 0 Å². The van der Waals surface area contributed by atoms with Crippen molar-refractivity contribution >= 4 is 23.5 Å². The number of nitrogens with zero attached hydrogens (tertiary/aromatic N) is 2. The Morgan fingerprint density at radius 2 is 2.10 bits per heavy atom. The van der Waals surface area contributed by atoms with E-state index < -0.39 is 0 Å². The molecule has 1 aliphatic heterocycles. The number of benzene rings is 1. The standard InChI is InChI=1S/C21H30ClN5O3/c1-14-11-15(6-7-17(14)22)12-25-21(29)26(2)16-5-4-10-27(13-16)20(28)18(23)8-9-19(24)30-3/h6-9,11,16H,4-5,10,12-13,23-24H2,1-3H3,(H,25,29)/b18-8-,19-9+. The molecule has 0 aromatic heterocycles. The molecule has 1 aromatic carbocycles. The van der Waals surface area contributed by atoms with E-state index in [-0.39, 0.29) is 29.6 Å². The number of rotatable bonds is 6. The summed E-state index contributed by atoms with van der Waals surface area (Å²) >= 11 is 6.04. The highest BCUT2D eigenvalue weighted by atomic mass is 35.5. The number of hydrogen-bond donors (Lipinski definition) is 3. The number of likely N-dealkylation sites (N-methyl/N-ethyl adjacent to an activating group) is 1. The van der Waals surface area contributed by atoms with E-state index >= 15 is 0 Å². The highest BCUT2D eigenvalue weighted by Crippen LogP contribution is 2.18. The molecular weight excluding hydrogens is 406 g/mol. The predicted octanol–water partition coefficient (Wildman–Crippen LogP) is 2.07. The number of carbonyl (C=O) groups excluding carboxylic acids is 2. The van der Waals surface area contributed by atoms with Crippen molar-refractivity contribution in [2.45, 2.75) is 32.4 Å². The maximum Gasteiger partial charge on any atom is 0.317 e. The average molecular weight is 436 g/mol. The second kappa shape index (κ2) is 10.8. The van der Waals surface area contributed by atoms with Gasteiger partial charge in [-0.2, -0.15) is 0 Å². The first-order chi connectivity index (χ1) is 14.2. The van der Waals surface area contributed by atoms with E-state index in [2.05, 4.69) is 5.32 Å². The molecule has 0 spiro atoms. The quantitative estimate of drug-likeness (QED) is 0.359. The van der Waals surface area contributed by atoms with Gasteiger partial charge in [0.15, 0.2) is 5.88 Å². The number of nitrogens with two attached hydrogens (primary N) is 2.